The highest BCUT2D eigenvalue weighted by Crippen LogP contribution is 2.38. The van der Waals surface area contributed by atoms with Crippen LogP contribution in [0, 0.1) is 5.82 Å². The molecule has 3 aromatic rings. The molecule has 0 atom stereocenters. The Labute approximate surface area is 185 Å². The summed E-state index contributed by atoms with van der Waals surface area (Å²) in [5.41, 5.74) is 0.339. The molecule has 1 aliphatic carbocycles. The zero-order chi connectivity index (χ0) is 22.6. The van der Waals surface area contributed by atoms with Crippen LogP contribution < -0.4 is 16.2 Å². The molecule has 0 unspecified atom stereocenters. The number of hydrogen-bond acceptors (Lipinski definition) is 3. The number of nitrogens with one attached hydrogen (secondary N) is 2. The maximum absolute atomic E-state index is 13.1. The van der Waals surface area contributed by atoms with E-state index >= 15 is 0 Å². The van der Waals surface area contributed by atoms with Gasteiger partial charge in [0.1, 0.15) is 17.9 Å². The molecule has 0 saturated heterocycles. The normalized spacial score (nSPS) is 14.7. The van der Waals surface area contributed by atoms with Gasteiger partial charge in [0.25, 0.3) is 11.5 Å². The third-order valence-corrected chi connectivity index (χ3v) is 5.84. The summed E-state index contributed by atoms with van der Waals surface area (Å²) < 4.78 is 14.3. The maximum atomic E-state index is 13.1. The van der Waals surface area contributed by atoms with Crippen molar-refractivity contribution in [2.45, 2.75) is 37.8 Å². The van der Waals surface area contributed by atoms with Crippen molar-refractivity contribution in [1.29, 1.82) is 0 Å². The lowest BCUT2D eigenvalue weighted by molar-refractivity contribution is -0.123. The van der Waals surface area contributed by atoms with Crippen molar-refractivity contribution >= 4 is 17.5 Å². The molecule has 1 fully saturated rings. The van der Waals surface area contributed by atoms with Gasteiger partial charge in [0.05, 0.1) is 5.54 Å². The summed E-state index contributed by atoms with van der Waals surface area (Å²) in [6.45, 7) is -0.189. The van der Waals surface area contributed by atoms with Gasteiger partial charge in [-0.05, 0) is 54.8 Å². The lowest BCUT2D eigenvalue weighted by Gasteiger charge is -2.31. The van der Waals surface area contributed by atoms with Gasteiger partial charge in [-0.3, -0.25) is 14.4 Å². The van der Waals surface area contributed by atoms with E-state index in [9.17, 15) is 18.8 Å². The van der Waals surface area contributed by atoms with Crippen LogP contribution in [-0.4, -0.2) is 16.4 Å². The number of nitrogens with zero attached hydrogens (tertiary/aromatic N) is 1. The molecule has 32 heavy (non-hydrogen) atoms. The Balaban J connectivity index is 1.50. The molecule has 2 aromatic carbocycles. The lowest BCUT2D eigenvalue weighted by Crippen LogP contribution is -2.46. The Kier molecular flexibility index (Phi) is 6.16. The van der Waals surface area contributed by atoms with Gasteiger partial charge in [0, 0.05) is 11.9 Å². The molecule has 2 N–H and O–H groups in total. The van der Waals surface area contributed by atoms with Crippen LogP contribution >= 0.6 is 0 Å². The molecule has 1 aliphatic rings. The van der Waals surface area contributed by atoms with Gasteiger partial charge in [-0.2, -0.15) is 0 Å². The predicted octanol–water partition coefficient (Wildman–Crippen LogP) is 3.83. The minimum absolute atomic E-state index is 0.0942. The zero-order valence-electron chi connectivity index (χ0n) is 17.5. The number of anilines is 1. The van der Waals surface area contributed by atoms with Gasteiger partial charge in [0.2, 0.25) is 5.91 Å². The summed E-state index contributed by atoms with van der Waals surface area (Å²) in [5.74, 6) is -1.33. The van der Waals surface area contributed by atoms with Crippen LogP contribution in [0.5, 0.6) is 0 Å². The van der Waals surface area contributed by atoms with Crippen molar-refractivity contribution in [3.63, 3.8) is 0 Å². The molecular formula is C25H24FN3O3. The largest absolute Gasteiger partial charge is 0.345 e. The Morgan fingerprint density at radius 3 is 2.31 bits per heavy atom. The second kappa shape index (κ2) is 9.18. The molecule has 0 radical (unpaired) electrons. The van der Waals surface area contributed by atoms with E-state index in [1.54, 1.807) is 6.07 Å². The first-order valence-electron chi connectivity index (χ1n) is 10.6. The number of carbonyl (C=O) groups is 2. The second-order valence-corrected chi connectivity index (χ2v) is 8.02. The van der Waals surface area contributed by atoms with Gasteiger partial charge < -0.3 is 15.2 Å². The highest BCUT2D eigenvalue weighted by atomic mass is 19.1. The van der Waals surface area contributed by atoms with E-state index in [0.29, 0.717) is 5.69 Å². The number of hydrogen-bond donors (Lipinski definition) is 2. The molecule has 1 heterocycles. The van der Waals surface area contributed by atoms with Crippen LogP contribution in [0.25, 0.3) is 0 Å². The number of carbonyl (C=O) groups excluding carboxylic acids is 2. The highest BCUT2D eigenvalue weighted by molar-refractivity contribution is 6.04. The Morgan fingerprint density at radius 2 is 1.62 bits per heavy atom. The number of amides is 2. The van der Waals surface area contributed by atoms with E-state index in [1.165, 1.54) is 41.1 Å². The Hall–Kier alpha value is -3.74. The minimum Gasteiger partial charge on any atom is -0.345 e. The SMILES string of the molecule is O=C(Cn1cccc(C(=O)Nc2ccc(F)cc2)c1=O)NC1(c2ccccc2)CCCC1. The number of rotatable bonds is 6. The molecule has 164 valence electrons. The van der Waals surface area contributed by atoms with Crippen LogP contribution in [0.4, 0.5) is 10.1 Å². The summed E-state index contributed by atoms with van der Waals surface area (Å²) in [6.07, 6.45) is 5.22. The molecule has 0 aliphatic heterocycles. The van der Waals surface area contributed by atoms with Crippen LogP contribution in [0.2, 0.25) is 0 Å². The van der Waals surface area contributed by atoms with Crippen molar-refractivity contribution in [1.82, 2.24) is 9.88 Å². The number of halogens is 1. The summed E-state index contributed by atoms with van der Waals surface area (Å²) >= 11 is 0. The van der Waals surface area contributed by atoms with Crippen LogP contribution in [0.15, 0.2) is 77.7 Å². The summed E-state index contributed by atoms with van der Waals surface area (Å²) in [4.78, 5) is 38.3. The first-order chi connectivity index (χ1) is 15.5. The van der Waals surface area contributed by atoms with Crippen LogP contribution in [0.3, 0.4) is 0 Å². The molecule has 6 nitrogen and oxygen atoms in total. The van der Waals surface area contributed by atoms with Crippen molar-refractivity contribution in [2.75, 3.05) is 5.32 Å². The van der Waals surface area contributed by atoms with E-state index in [1.807, 2.05) is 30.3 Å². The molecule has 1 aromatic heterocycles. The monoisotopic (exact) mass is 433 g/mol. The fraction of sp³-hybridized carbons (Fsp3) is 0.240. The van der Waals surface area contributed by atoms with Gasteiger partial charge >= 0.3 is 0 Å². The summed E-state index contributed by atoms with van der Waals surface area (Å²) in [7, 11) is 0. The third-order valence-electron chi connectivity index (χ3n) is 5.84. The number of benzene rings is 2. The first-order valence-corrected chi connectivity index (χ1v) is 10.6. The van der Waals surface area contributed by atoms with E-state index in [2.05, 4.69) is 10.6 Å². The standard InChI is InChI=1S/C25H24FN3O3/c26-19-10-12-20(13-11-19)27-23(31)21-9-6-16-29(24(21)32)17-22(30)28-25(14-4-5-15-25)18-7-2-1-3-8-18/h1-3,6-13,16H,4-5,14-15,17H2,(H,27,31)(H,28,30). The predicted molar refractivity (Wildman–Crippen MR) is 120 cm³/mol. The fourth-order valence-electron chi connectivity index (χ4n) is 4.25. The van der Waals surface area contributed by atoms with E-state index < -0.39 is 22.8 Å². The van der Waals surface area contributed by atoms with Crippen LogP contribution in [0.1, 0.15) is 41.6 Å². The Bertz CT molecular complexity index is 1170. The summed E-state index contributed by atoms with van der Waals surface area (Å²) in [5, 5.41) is 5.72. The molecule has 2 amide bonds. The highest BCUT2D eigenvalue weighted by Gasteiger charge is 2.36. The van der Waals surface area contributed by atoms with E-state index in [4.69, 9.17) is 0 Å². The first kappa shape index (κ1) is 21.5. The number of pyridine rings is 1. The molecular weight excluding hydrogens is 409 g/mol. The fourth-order valence-corrected chi connectivity index (χ4v) is 4.25. The van der Waals surface area contributed by atoms with Gasteiger partial charge in [0.15, 0.2) is 0 Å². The summed E-state index contributed by atoms with van der Waals surface area (Å²) in [6, 6.07) is 18.1. The molecule has 0 spiro atoms. The minimum atomic E-state index is -0.618. The van der Waals surface area contributed by atoms with Gasteiger partial charge in [-0.25, -0.2) is 4.39 Å². The molecule has 1 saturated carbocycles. The van der Waals surface area contributed by atoms with Crippen LogP contribution in [-0.2, 0) is 16.9 Å². The van der Waals surface area contributed by atoms with Crippen molar-refractivity contribution < 1.29 is 14.0 Å². The van der Waals surface area contributed by atoms with Crippen molar-refractivity contribution in [3.8, 4) is 0 Å². The second-order valence-electron chi connectivity index (χ2n) is 8.02. The smallest absolute Gasteiger partial charge is 0.263 e. The Morgan fingerprint density at radius 1 is 0.938 bits per heavy atom. The van der Waals surface area contributed by atoms with Crippen molar-refractivity contribution in [2.24, 2.45) is 0 Å². The average Bonchev–Trinajstić information content (AvgIpc) is 3.27. The van der Waals surface area contributed by atoms with Gasteiger partial charge in [-0.15, -0.1) is 0 Å². The molecule has 4 rings (SSSR count). The maximum Gasteiger partial charge on any atom is 0.263 e. The van der Waals surface area contributed by atoms with E-state index in [-0.39, 0.29) is 18.0 Å². The molecule has 7 heteroatoms. The topological polar surface area (TPSA) is 80.2 Å². The van der Waals surface area contributed by atoms with E-state index in [0.717, 1.165) is 31.2 Å². The number of aromatic nitrogens is 1. The average molecular weight is 433 g/mol. The molecule has 0 bridgehead atoms. The van der Waals surface area contributed by atoms with Crippen molar-refractivity contribution in [3.05, 3.63) is 100 Å². The zero-order valence-corrected chi connectivity index (χ0v) is 17.5. The quantitative estimate of drug-likeness (QED) is 0.620. The lowest BCUT2D eigenvalue weighted by atomic mass is 9.88. The third kappa shape index (κ3) is 4.61. The van der Waals surface area contributed by atoms with Gasteiger partial charge in [-0.1, -0.05) is 43.2 Å².